The number of hydrogen-bond acceptors (Lipinski definition) is 2. The van der Waals surface area contributed by atoms with Crippen LogP contribution >= 0.6 is 0 Å². The van der Waals surface area contributed by atoms with Crippen molar-refractivity contribution in [2.24, 2.45) is 0 Å². The Hall–Kier alpha value is -0.860. The fourth-order valence-corrected chi connectivity index (χ4v) is 0.734. The fraction of sp³-hybridized carbons (Fsp3) is 0.250. The van der Waals surface area contributed by atoms with E-state index in [2.05, 4.69) is 5.11 Å². The summed E-state index contributed by atoms with van der Waals surface area (Å²) < 4.78 is 11.3. The first-order chi connectivity index (χ1) is 5.43. The highest BCUT2D eigenvalue weighted by atomic mass is 16.6. The second-order valence-electron chi connectivity index (χ2n) is 1.95. The molecule has 1 rings (SSSR count). The van der Waals surface area contributed by atoms with Gasteiger partial charge in [-0.2, -0.15) is 0 Å². The Bertz CT molecular complexity index is 189. The van der Waals surface area contributed by atoms with Crippen molar-refractivity contribution >= 4 is 0 Å². The van der Waals surface area contributed by atoms with E-state index in [0.29, 0.717) is 6.61 Å². The summed E-state index contributed by atoms with van der Waals surface area (Å²) in [7, 11) is 0. The lowest BCUT2D eigenvalue weighted by molar-refractivity contribution is -0.0112. The molecule has 54 valence electrons. The molecule has 0 spiro atoms. The first-order valence-electron chi connectivity index (χ1n) is 3.54. The lowest BCUT2D eigenvalue weighted by atomic mass is 10.2. The standard InChI is InChI=1S/C8H10O2/c9-7-10-6-8-4-2-1-3-5-8/h1-5,9H,6-7H2/i9D. The molecule has 2 nitrogen and oxygen atoms in total. The van der Waals surface area contributed by atoms with Gasteiger partial charge in [0.1, 0.15) is 6.79 Å². The van der Waals surface area contributed by atoms with Gasteiger partial charge < -0.3 is 9.85 Å². The summed E-state index contributed by atoms with van der Waals surface area (Å²) in [6.07, 6.45) is 0. The molecule has 0 radical (unpaired) electrons. The Morgan fingerprint density at radius 1 is 1.40 bits per heavy atom. The zero-order valence-electron chi connectivity index (χ0n) is 6.62. The normalized spacial score (nSPS) is 11.0. The van der Waals surface area contributed by atoms with Crippen LogP contribution in [-0.2, 0) is 11.3 Å². The average molecular weight is 139 g/mol. The lowest BCUT2D eigenvalue weighted by Crippen LogP contribution is -1.92. The summed E-state index contributed by atoms with van der Waals surface area (Å²) >= 11 is 0. The molecule has 0 saturated carbocycles. The molecule has 1 aromatic carbocycles. The smallest absolute Gasteiger partial charge is 0.213 e. The van der Waals surface area contributed by atoms with Crippen LogP contribution in [0.2, 0.25) is 0 Å². The highest BCUT2D eigenvalue weighted by molar-refractivity contribution is 5.13. The molecule has 10 heavy (non-hydrogen) atoms. The minimum Gasteiger partial charge on any atom is -0.371 e. The minimum atomic E-state index is 0.0227. The monoisotopic (exact) mass is 139 g/mol. The van der Waals surface area contributed by atoms with E-state index in [0.717, 1.165) is 5.56 Å². The molecule has 0 atom stereocenters. The van der Waals surface area contributed by atoms with Crippen LogP contribution in [0.1, 0.15) is 5.56 Å². The molecule has 0 unspecified atom stereocenters. The number of rotatable bonds is 4. The van der Waals surface area contributed by atoms with Gasteiger partial charge in [-0.1, -0.05) is 30.3 Å². The molecule has 0 aliphatic carbocycles. The van der Waals surface area contributed by atoms with Crippen LogP contribution in [0.25, 0.3) is 0 Å². The van der Waals surface area contributed by atoms with Gasteiger partial charge >= 0.3 is 0 Å². The Kier molecular flexibility index (Phi) is 2.38. The number of aliphatic hydroxyl groups excluding tert-OH is 1. The Labute approximate surface area is 61.6 Å². The van der Waals surface area contributed by atoms with Crippen LogP contribution in [0.4, 0.5) is 0 Å². The molecule has 1 N–H and O–H groups in total. The van der Waals surface area contributed by atoms with Crippen LogP contribution < -0.4 is 0 Å². The topological polar surface area (TPSA) is 29.5 Å². The number of ether oxygens (including phenoxy) is 1. The van der Waals surface area contributed by atoms with E-state index in [1.807, 2.05) is 30.3 Å². The summed E-state index contributed by atoms with van der Waals surface area (Å²) in [4.78, 5) is 0. The summed E-state index contributed by atoms with van der Waals surface area (Å²) in [5.74, 6) is 0. The molecule has 1 aromatic rings. The third kappa shape index (κ3) is 2.17. The minimum absolute atomic E-state index is 0.0227. The van der Waals surface area contributed by atoms with Gasteiger partial charge in [0.25, 0.3) is 0 Å². The molecule has 0 aliphatic rings. The first kappa shape index (κ1) is 5.89. The molecule has 0 amide bonds. The highest BCUT2D eigenvalue weighted by Crippen LogP contribution is 1.98. The van der Waals surface area contributed by atoms with Crippen LogP contribution in [0, 0.1) is 0 Å². The van der Waals surface area contributed by atoms with Crippen LogP contribution in [0.5, 0.6) is 0 Å². The van der Waals surface area contributed by atoms with Gasteiger partial charge in [-0.25, -0.2) is 0 Å². The molecule has 0 aromatic heterocycles. The SMILES string of the molecule is [2H]OCOCc1ccccc1. The summed E-state index contributed by atoms with van der Waals surface area (Å²) in [5.41, 5.74) is 1.09. The zero-order chi connectivity index (χ0) is 7.94. The Morgan fingerprint density at radius 2 is 2.20 bits per heavy atom. The maximum atomic E-state index is 6.34. The van der Waals surface area contributed by atoms with Crippen molar-refractivity contribution in [1.82, 2.24) is 0 Å². The predicted molar refractivity (Wildman–Crippen MR) is 38.3 cm³/mol. The van der Waals surface area contributed by atoms with E-state index in [-0.39, 0.29) is 6.79 Å². The molecule has 0 aliphatic heterocycles. The average Bonchev–Trinajstić information content (AvgIpc) is 2.07. The molecule has 0 bridgehead atoms. The van der Waals surface area contributed by atoms with Crippen molar-refractivity contribution in [3.05, 3.63) is 35.9 Å². The van der Waals surface area contributed by atoms with Gasteiger partial charge in [0.2, 0.25) is 1.43 Å². The third-order valence-corrected chi connectivity index (χ3v) is 1.19. The third-order valence-electron chi connectivity index (χ3n) is 1.19. The van der Waals surface area contributed by atoms with E-state index in [1.54, 1.807) is 0 Å². The van der Waals surface area contributed by atoms with Crippen LogP contribution in [0.3, 0.4) is 0 Å². The highest BCUT2D eigenvalue weighted by Gasteiger charge is 1.87. The maximum absolute atomic E-state index is 6.34. The van der Waals surface area contributed by atoms with Crippen molar-refractivity contribution in [3.63, 3.8) is 0 Å². The molecule has 0 fully saturated rings. The van der Waals surface area contributed by atoms with Crippen molar-refractivity contribution < 1.29 is 9.85 Å². The quantitative estimate of drug-likeness (QED) is 0.501. The number of hydrogen-bond donors (Lipinski definition) is 1. The number of benzene rings is 1. The molecule has 0 heterocycles. The van der Waals surface area contributed by atoms with Gasteiger partial charge in [-0.05, 0) is 5.56 Å². The summed E-state index contributed by atoms with van der Waals surface area (Å²) in [6.45, 7) is 0.522. The van der Waals surface area contributed by atoms with E-state index in [9.17, 15) is 0 Å². The van der Waals surface area contributed by atoms with Crippen molar-refractivity contribution in [2.75, 3.05) is 6.79 Å². The first-order valence-corrected chi connectivity index (χ1v) is 3.13. The second-order valence-corrected chi connectivity index (χ2v) is 1.95. The van der Waals surface area contributed by atoms with E-state index in [4.69, 9.17) is 6.17 Å². The summed E-state index contributed by atoms with van der Waals surface area (Å²) in [5, 5.41) is 3.99. The van der Waals surface area contributed by atoms with Gasteiger partial charge in [0, 0.05) is 0 Å². The van der Waals surface area contributed by atoms with Crippen LogP contribution in [0.15, 0.2) is 30.3 Å². The Balaban J connectivity index is 2.28. The maximum Gasteiger partial charge on any atom is 0.213 e. The van der Waals surface area contributed by atoms with Gasteiger partial charge in [-0.15, -0.1) is 0 Å². The van der Waals surface area contributed by atoms with Crippen molar-refractivity contribution in [3.8, 4) is 0 Å². The molecule has 2 heteroatoms. The largest absolute Gasteiger partial charge is 0.371 e. The Morgan fingerprint density at radius 3 is 2.90 bits per heavy atom. The van der Waals surface area contributed by atoms with Crippen molar-refractivity contribution in [1.29, 1.82) is 1.43 Å². The van der Waals surface area contributed by atoms with E-state index in [1.165, 1.54) is 0 Å². The van der Waals surface area contributed by atoms with Crippen LogP contribution in [-0.4, -0.2) is 13.3 Å². The zero-order valence-corrected chi connectivity index (χ0v) is 5.62. The predicted octanol–water partition coefficient (Wildman–Crippen LogP) is 1.15. The van der Waals surface area contributed by atoms with Gasteiger partial charge in [0.05, 0.1) is 6.61 Å². The lowest BCUT2D eigenvalue weighted by Gasteiger charge is -1.98. The number of aliphatic hydroxyl groups is 1. The molecule has 0 saturated heterocycles. The van der Waals surface area contributed by atoms with Crippen molar-refractivity contribution in [2.45, 2.75) is 6.61 Å². The summed E-state index contributed by atoms with van der Waals surface area (Å²) in [6, 6.07) is 9.76. The van der Waals surface area contributed by atoms with Gasteiger partial charge in [0.15, 0.2) is 0 Å². The second kappa shape index (κ2) is 4.04. The van der Waals surface area contributed by atoms with E-state index < -0.39 is 0 Å². The molecular weight excluding hydrogens is 128 g/mol. The fourth-order valence-electron chi connectivity index (χ4n) is 0.734. The van der Waals surface area contributed by atoms with E-state index >= 15 is 0 Å². The molecular formula is C8H10O2. The van der Waals surface area contributed by atoms with Gasteiger partial charge in [-0.3, -0.25) is 0 Å².